The highest BCUT2D eigenvalue weighted by molar-refractivity contribution is 5.69. The molecule has 0 heterocycles. The Kier molecular flexibility index (Phi) is 37.7. The summed E-state index contributed by atoms with van der Waals surface area (Å²) >= 11 is 0. The maximum absolute atomic E-state index is 11.9. The Balaban J connectivity index is 3.17. The summed E-state index contributed by atoms with van der Waals surface area (Å²) in [7, 11) is 0. The van der Waals surface area contributed by atoms with Crippen molar-refractivity contribution in [2.45, 2.75) is 239 Å². The van der Waals surface area contributed by atoms with E-state index in [1.807, 2.05) is 0 Å². The lowest BCUT2D eigenvalue weighted by Crippen LogP contribution is -2.05. The van der Waals surface area contributed by atoms with Crippen LogP contribution in [0, 0.1) is 5.92 Å². The molecular weight excluding hydrogens is 536 g/mol. The molecule has 0 radical (unpaired) electrons. The molecule has 0 saturated heterocycles. The van der Waals surface area contributed by atoms with Gasteiger partial charge in [0.25, 0.3) is 0 Å². The topological polar surface area (TPSA) is 26.3 Å². The first-order chi connectivity index (χ1) is 21.7. The number of hydrogen-bond donors (Lipinski definition) is 0. The maximum Gasteiger partial charge on any atom is 0.305 e. The second-order valence-electron chi connectivity index (χ2n) is 14.2. The van der Waals surface area contributed by atoms with E-state index in [2.05, 4.69) is 32.9 Å². The normalized spacial score (nSPS) is 12.3. The average molecular weight is 619 g/mol. The van der Waals surface area contributed by atoms with Gasteiger partial charge in [-0.3, -0.25) is 4.79 Å². The molecule has 0 aromatic carbocycles. The predicted molar refractivity (Wildman–Crippen MR) is 198 cm³/mol. The van der Waals surface area contributed by atoms with Crippen molar-refractivity contribution in [3.8, 4) is 0 Å². The molecule has 0 fully saturated rings. The first-order valence-corrected chi connectivity index (χ1v) is 20.5. The molecule has 262 valence electrons. The summed E-state index contributed by atoms with van der Waals surface area (Å²) < 4.78 is 5.45. The fourth-order valence-corrected chi connectivity index (χ4v) is 6.23. The molecule has 2 heteroatoms. The minimum Gasteiger partial charge on any atom is -0.466 e. The SMILES string of the molecule is CCCCCC/C=C\CCCCCCCC(=O)OCCCCCCCCCCCCCCCCCCCCCCC(C)CC. The minimum absolute atomic E-state index is 0.0181. The number of carbonyl (C=O) groups is 1. The zero-order chi connectivity index (χ0) is 32.0. The average Bonchev–Trinajstić information content (AvgIpc) is 3.03. The van der Waals surface area contributed by atoms with Crippen LogP contribution in [0.2, 0.25) is 0 Å². The van der Waals surface area contributed by atoms with E-state index in [4.69, 9.17) is 4.74 Å². The molecule has 0 aromatic rings. The lowest BCUT2D eigenvalue weighted by molar-refractivity contribution is -0.143. The van der Waals surface area contributed by atoms with Crippen molar-refractivity contribution in [1.82, 2.24) is 0 Å². The van der Waals surface area contributed by atoms with Gasteiger partial charge in [0.2, 0.25) is 0 Å². The summed E-state index contributed by atoms with van der Waals surface area (Å²) in [5, 5.41) is 0. The summed E-state index contributed by atoms with van der Waals surface area (Å²) in [6, 6.07) is 0. The van der Waals surface area contributed by atoms with Gasteiger partial charge in [0.05, 0.1) is 6.61 Å². The molecule has 0 amide bonds. The lowest BCUT2D eigenvalue weighted by atomic mass is 9.99. The minimum atomic E-state index is 0.0181. The van der Waals surface area contributed by atoms with E-state index in [0.717, 1.165) is 25.2 Å². The molecule has 1 unspecified atom stereocenters. The quantitative estimate of drug-likeness (QED) is 0.0393. The number of esters is 1. The molecule has 0 aromatic heterocycles. The van der Waals surface area contributed by atoms with Gasteiger partial charge in [-0.1, -0.05) is 206 Å². The molecule has 0 aliphatic rings. The van der Waals surface area contributed by atoms with Crippen molar-refractivity contribution in [1.29, 1.82) is 0 Å². The smallest absolute Gasteiger partial charge is 0.305 e. The predicted octanol–water partition coefficient (Wildman–Crippen LogP) is 15.0. The Labute approximate surface area is 278 Å². The molecule has 1 atom stereocenters. The number of unbranched alkanes of at least 4 members (excludes halogenated alkanes) is 28. The maximum atomic E-state index is 11.9. The van der Waals surface area contributed by atoms with Crippen LogP contribution in [0.3, 0.4) is 0 Å². The number of carbonyl (C=O) groups excluding carboxylic acids is 1. The Morgan fingerprint density at radius 3 is 1.27 bits per heavy atom. The standard InChI is InChI=1S/C42H82O2/c1-4-6-7-8-9-10-11-20-24-27-30-33-36-39-42(43)44-40-37-34-31-28-25-22-19-17-15-13-12-14-16-18-21-23-26-29-32-35-38-41(3)5-2/h10-11,41H,4-9,12-40H2,1-3H3/b11-10-. The number of rotatable bonds is 37. The van der Waals surface area contributed by atoms with Crippen LogP contribution in [0.1, 0.15) is 239 Å². The molecule has 0 spiro atoms. The van der Waals surface area contributed by atoms with Crippen molar-refractivity contribution >= 4 is 5.97 Å². The third kappa shape index (κ3) is 37.4. The molecule has 0 N–H and O–H groups in total. The van der Waals surface area contributed by atoms with Crippen molar-refractivity contribution in [3.63, 3.8) is 0 Å². The van der Waals surface area contributed by atoms with Gasteiger partial charge in [0.1, 0.15) is 0 Å². The van der Waals surface area contributed by atoms with Crippen LogP contribution < -0.4 is 0 Å². The van der Waals surface area contributed by atoms with Gasteiger partial charge in [-0.15, -0.1) is 0 Å². The molecule has 0 aliphatic heterocycles. The number of hydrogen-bond acceptors (Lipinski definition) is 2. The van der Waals surface area contributed by atoms with Gasteiger partial charge in [0, 0.05) is 6.42 Å². The number of ether oxygens (including phenoxy) is 1. The molecule has 0 rings (SSSR count). The van der Waals surface area contributed by atoms with E-state index in [0.29, 0.717) is 13.0 Å². The van der Waals surface area contributed by atoms with Crippen LogP contribution in [-0.4, -0.2) is 12.6 Å². The highest BCUT2D eigenvalue weighted by Crippen LogP contribution is 2.17. The number of allylic oxidation sites excluding steroid dienone is 2. The summed E-state index contributed by atoms with van der Waals surface area (Å²) in [6.45, 7) is 7.61. The highest BCUT2D eigenvalue weighted by Gasteiger charge is 2.03. The Hall–Kier alpha value is -0.790. The first kappa shape index (κ1) is 43.2. The second-order valence-corrected chi connectivity index (χ2v) is 14.2. The first-order valence-electron chi connectivity index (χ1n) is 20.5. The van der Waals surface area contributed by atoms with E-state index in [-0.39, 0.29) is 5.97 Å². The highest BCUT2D eigenvalue weighted by atomic mass is 16.5. The van der Waals surface area contributed by atoms with Gasteiger partial charge in [0.15, 0.2) is 0 Å². The Morgan fingerprint density at radius 1 is 0.477 bits per heavy atom. The van der Waals surface area contributed by atoms with Crippen molar-refractivity contribution in [2.24, 2.45) is 5.92 Å². The third-order valence-corrected chi connectivity index (χ3v) is 9.69. The molecule has 2 nitrogen and oxygen atoms in total. The van der Waals surface area contributed by atoms with Gasteiger partial charge in [-0.2, -0.15) is 0 Å². The molecule has 44 heavy (non-hydrogen) atoms. The third-order valence-electron chi connectivity index (χ3n) is 9.69. The van der Waals surface area contributed by atoms with Crippen LogP contribution in [-0.2, 0) is 9.53 Å². The molecular formula is C42H82O2. The van der Waals surface area contributed by atoms with Crippen LogP contribution in [0.5, 0.6) is 0 Å². The van der Waals surface area contributed by atoms with Gasteiger partial charge in [-0.25, -0.2) is 0 Å². The summed E-state index contributed by atoms with van der Waals surface area (Å²) in [5.74, 6) is 0.952. The summed E-state index contributed by atoms with van der Waals surface area (Å²) in [5.41, 5.74) is 0. The van der Waals surface area contributed by atoms with E-state index in [1.54, 1.807) is 0 Å². The van der Waals surface area contributed by atoms with Crippen LogP contribution >= 0.6 is 0 Å². The lowest BCUT2D eigenvalue weighted by Gasteiger charge is -2.07. The molecule has 0 bridgehead atoms. The monoisotopic (exact) mass is 619 g/mol. The van der Waals surface area contributed by atoms with Crippen LogP contribution in [0.25, 0.3) is 0 Å². The fraction of sp³-hybridized carbons (Fsp3) is 0.929. The van der Waals surface area contributed by atoms with Crippen molar-refractivity contribution in [2.75, 3.05) is 6.61 Å². The largest absolute Gasteiger partial charge is 0.466 e. The van der Waals surface area contributed by atoms with E-state index < -0.39 is 0 Å². The molecule has 0 saturated carbocycles. The Bertz CT molecular complexity index is 568. The molecule has 0 aliphatic carbocycles. The van der Waals surface area contributed by atoms with Crippen molar-refractivity contribution in [3.05, 3.63) is 12.2 Å². The summed E-state index contributed by atoms with van der Waals surface area (Å²) in [4.78, 5) is 11.9. The zero-order valence-electron chi connectivity index (χ0n) is 30.8. The van der Waals surface area contributed by atoms with E-state index in [1.165, 1.54) is 193 Å². The van der Waals surface area contributed by atoms with E-state index >= 15 is 0 Å². The van der Waals surface area contributed by atoms with Gasteiger partial charge >= 0.3 is 5.97 Å². The van der Waals surface area contributed by atoms with E-state index in [9.17, 15) is 4.79 Å². The van der Waals surface area contributed by atoms with Gasteiger partial charge < -0.3 is 4.74 Å². The van der Waals surface area contributed by atoms with Gasteiger partial charge in [-0.05, 0) is 44.4 Å². The van der Waals surface area contributed by atoms with Crippen LogP contribution in [0.15, 0.2) is 12.2 Å². The van der Waals surface area contributed by atoms with Crippen LogP contribution in [0.4, 0.5) is 0 Å². The second kappa shape index (κ2) is 38.4. The zero-order valence-corrected chi connectivity index (χ0v) is 30.8. The fourth-order valence-electron chi connectivity index (χ4n) is 6.23. The summed E-state index contributed by atoms with van der Waals surface area (Å²) in [6.07, 6.45) is 50.0. The van der Waals surface area contributed by atoms with Crippen molar-refractivity contribution < 1.29 is 9.53 Å². The Morgan fingerprint density at radius 2 is 0.841 bits per heavy atom.